The van der Waals surface area contributed by atoms with Gasteiger partial charge in [0.2, 0.25) is 0 Å². The third-order valence-corrected chi connectivity index (χ3v) is 6.57. The summed E-state index contributed by atoms with van der Waals surface area (Å²) in [5.41, 5.74) is -0.299. The largest absolute Gasteiger partial charge is 0.374 e. The summed E-state index contributed by atoms with van der Waals surface area (Å²) < 4.78 is 34.2. The van der Waals surface area contributed by atoms with E-state index in [2.05, 4.69) is 5.32 Å². The summed E-state index contributed by atoms with van der Waals surface area (Å²) in [4.78, 5) is 13.9. The Kier molecular flexibility index (Phi) is 5.47. The standard InChI is InChI=1S/C22H25F2N5O2/c1-12(25)28-21(30)29-7-8-31-18(11-29)22-6-5-13(10-22)14(20(22)27)9-17(26)19-15(23)3-2-4-16(19)24/h2-4,9,13,18,26-27H,5-8,10-11H2,1H3,(H2,25,28,30)/b14-9-,26-17?,27-20?/t13-,18-,22+/m1/s1. The molecule has 7 nitrogen and oxygen atoms in total. The maximum atomic E-state index is 14.1. The van der Waals surface area contributed by atoms with Crippen LogP contribution in [0.5, 0.6) is 0 Å². The van der Waals surface area contributed by atoms with Crippen LogP contribution in [0, 0.1) is 39.2 Å². The first kappa shape index (κ1) is 21.3. The number of fused-ring (bicyclic) bond motifs is 2. The van der Waals surface area contributed by atoms with Gasteiger partial charge in [-0.2, -0.15) is 0 Å². The molecule has 0 radical (unpaired) electrons. The molecule has 3 atom stereocenters. The molecule has 4 N–H and O–H groups in total. The molecular formula is C22H25F2N5O2. The van der Waals surface area contributed by atoms with E-state index in [0.717, 1.165) is 25.0 Å². The molecule has 3 aliphatic rings. The Morgan fingerprint density at radius 1 is 1.32 bits per heavy atom. The van der Waals surface area contributed by atoms with Crippen LogP contribution in [0.25, 0.3) is 0 Å². The number of urea groups is 1. The molecule has 164 valence electrons. The van der Waals surface area contributed by atoms with Gasteiger partial charge in [-0.15, -0.1) is 0 Å². The van der Waals surface area contributed by atoms with Crippen LogP contribution < -0.4 is 5.32 Å². The molecule has 1 heterocycles. The van der Waals surface area contributed by atoms with Gasteiger partial charge < -0.3 is 20.5 Å². The van der Waals surface area contributed by atoms with E-state index in [4.69, 9.17) is 21.0 Å². The number of amides is 2. The predicted octanol–water partition coefficient (Wildman–Crippen LogP) is 3.49. The van der Waals surface area contributed by atoms with E-state index in [0.29, 0.717) is 37.4 Å². The summed E-state index contributed by atoms with van der Waals surface area (Å²) >= 11 is 0. The van der Waals surface area contributed by atoms with Crippen LogP contribution in [0.2, 0.25) is 0 Å². The van der Waals surface area contributed by atoms with Gasteiger partial charge in [-0.3, -0.25) is 10.7 Å². The van der Waals surface area contributed by atoms with Gasteiger partial charge in [-0.25, -0.2) is 13.6 Å². The second-order valence-corrected chi connectivity index (χ2v) is 8.44. The molecule has 4 rings (SSSR count). The van der Waals surface area contributed by atoms with Crippen molar-refractivity contribution >= 4 is 23.3 Å². The number of rotatable bonds is 3. The molecule has 2 amide bonds. The van der Waals surface area contributed by atoms with Crippen LogP contribution in [0.3, 0.4) is 0 Å². The SMILES string of the molecule is CC(=N)NC(=O)N1CCO[C@@H]([C@]23CC[C@H](C2)/C(=C/C(=N)c2c(F)cccc2F)C3=N)C1. The van der Waals surface area contributed by atoms with Crippen LogP contribution in [-0.2, 0) is 4.74 Å². The van der Waals surface area contributed by atoms with Crippen LogP contribution in [-0.4, -0.2) is 54.0 Å². The zero-order valence-corrected chi connectivity index (χ0v) is 17.2. The van der Waals surface area contributed by atoms with E-state index in [1.807, 2.05) is 0 Å². The Hall–Kier alpha value is -2.94. The number of carbonyl (C=O) groups is 1. The number of ether oxygens (including phenoxy) is 1. The van der Waals surface area contributed by atoms with Gasteiger partial charge in [0, 0.05) is 24.2 Å². The minimum absolute atomic E-state index is 0.0271. The number of halogens is 2. The number of hydrogen-bond acceptors (Lipinski definition) is 5. The Balaban J connectivity index is 1.57. The molecule has 0 unspecified atom stereocenters. The molecule has 31 heavy (non-hydrogen) atoms. The second-order valence-electron chi connectivity index (χ2n) is 8.44. The van der Waals surface area contributed by atoms with Crippen LogP contribution in [0.1, 0.15) is 31.7 Å². The van der Waals surface area contributed by atoms with E-state index < -0.39 is 22.6 Å². The Labute approximate surface area is 179 Å². The van der Waals surface area contributed by atoms with Gasteiger partial charge in [0.1, 0.15) is 11.6 Å². The molecule has 0 spiro atoms. The van der Waals surface area contributed by atoms with Crippen molar-refractivity contribution in [1.82, 2.24) is 10.2 Å². The molecule has 1 aromatic carbocycles. The van der Waals surface area contributed by atoms with Gasteiger partial charge in [0.15, 0.2) is 0 Å². The van der Waals surface area contributed by atoms with Gasteiger partial charge in [0.25, 0.3) is 0 Å². The van der Waals surface area contributed by atoms with Crippen molar-refractivity contribution in [2.24, 2.45) is 11.3 Å². The van der Waals surface area contributed by atoms with Crippen molar-refractivity contribution in [3.8, 4) is 0 Å². The van der Waals surface area contributed by atoms with Crippen LogP contribution >= 0.6 is 0 Å². The summed E-state index contributed by atoms with van der Waals surface area (Å²) in [6.07, 6.45) is 3.24. The lowest BCUT2D eigenvalue weighted by Gasteiger charge is -2.42. The molecule has 9 heteroatoms. The zero-order valence-electron chi connectivity index (χ0n) is 17.2. The van der Waals surface area contributed by atoms with Gasteiger partial charge >= 0.3 is 6.03 Å². The molecule has 3 fully saturated rings. The summed E-state index contributed by atoms with van der Waals surface area (Å²) in [5, 5.41) is 27.0. The zero-order chi connectivity index (χ0) is 22.3. The molecule has 1 aromatic rings. The number of morpholine rings is 1. The first-order chi connectivity index (χ1) is 14.7. The summed E-state index contributed by atoms with van der Waals surface area (Å²) in [6.45, 7) is 2.54. The quantitative estimate of drug-likeness (QED) is 0.435. The third-order valence-electron chi connectivity index (χ3n) is 6.57. The lowest BCUT2D eigenvalue weighted by molar-refractivity contribution is -0.0595. The number of allylic oxidation sites excluding steroid dienone is 2. The van der Waals surface area contributed by atoms with E-state index in [9.17, 15) is 13.6 Å². The van der Waals surface area contributed by atoms with Crippen LogP contribution in [0.15, 0.2) is 29.8 Å². The van der Waals surface area contributed by atoms with Crippen molar-refractivity contribution < 1.29 is 18.3 Å². The number of benzene rings is 1. The third kappa shape index (κ3) is 3.67. The lowest BCUT2D eigenvalue weighted by atomic mass is 9.75. The van der Waals surface area contributed by atoms with E-state index in [1.165, 1.54) is 19.1 Å². The predicted molar refractivity (Wildman–Crippen MR) is 112 cm³/mol. The fourth-order valence-electron chi connectivity index (χ4n) is 5.09. The van der Waals surface area contributed by atoms with Crippen molar-refractivity contribution in [1.29, 1.82) is 16.2 Å². The van der Waals surface area contributed by atoms with Gasteiger partial charge in [-0.05, 0) is 55.9 Å². The number of hydrogen-bond donors (Lipinski definition) is 4. The lowest BCUT2D eigenvalue weighted by Crippen LogP contribution is -2.56. The highest BCUT2D eigenvalue weighted by atomic mass is 19.1. The average molecular weight is 429 g/mol. The molecular weight excluding hydrogens is 404 g/mol. The maximum Gasteiger partial charge on any atom is 0.322 e. The van der Waals surface area contributed by atoms with E-state index in [1.54, 1.807) is 4.90 Å². The molecule has 2 bridgehead atoms. The highest BCUT2D eigenvalue weighted by Crippen LogP contribution is 2.57. The first-order valence-electron chi connectivity index (χ1n) is 10.3. The number of amidine groups is 1. The summed E-state index contributed by atoms with van der Waals surface area (Å²) in [6, 6.07) is 3.13. The Bertz CT molecular complexity index is 987. The molecule has 1 saturated heterocycles. The number of carbonyl (C=O) groups excluding carboxylic acids is 1. The molecule has 2 aliphatic carbocycles. The first-order valence-corrected chi connectivity index (χ1v) is 10.3. The second kappa shape index (κ2) is 7.96. The van der Waals surface area contributed by atoms with Crippen molar-refractivity contribution in [3.05, 3.63) is 47.0 Å². The van der Waals surface area contributed by atoms with E-state index in [-0.39, 0.29) is 29.6 Å². The maximum absolute atomic E-state index is 14.1. The number of nitrogens with zero attached hydrogens (tertiary/aromatic N) is 1. The smallest absolute Gasteiger partial charge is 0.322 e. The monoisotopic (exact) mass is 429 g/mol. The molecule has 1 aliphatic heterocycles. The topological polar surface area (TPSA) is 113 Å². The molecule has 0 aromatic heterocycles. The summed E-state index contributed by atoms with van der Waals surface area (Å²) in [5.74, 6) is -1.51. The average Bonchev–Trinajstić information content (AvgIpc) is 3.27. The minimum atomic E-state index is -0.801. The van der Waals surface area contributed by atoms with Crippen molar-refractivity contribution in [2.45, 2.75) is 32.3 Å². The number of nitrogens with one attached hydrogen (secondary N) is 4. The highest BCUT2D eigenvalue weighted by molar-refractivity contribution is 6.15. The molecule has 2 saturated carbocycles. The fraction of sp³-hybridized carbons (Fsp3) is 0.455. The minimum Gasteiger partial charge on any atom is -0.374 e. The van der Waals surface area contributed by atoms with Crippen LogP contribution in [0.4, 0.5) is 13.6 Å². The van der Waals surface area contributed by atoms with Gasteiger partial charge in [-0.1, -0.05) is 6.07 Å². The van der Waals surface area contributed by atoms with Crippen molar-refractivity contribution in [2.75, 3.05) is 19.7 Å². The van der Waals surface area contributed by atoms with Gasteiger partial charge in [0.05, 0.1) is 29.8 Å². The fourth-order valence-corrected chi connectivity index (χ4v) is 5.09. The highest BCUT2D eigenvalue weighted by Gasteiger charge is 2.57. The summed E-state index contributed by atoms with van der Waals surface area (Å²) in [7, 11) is 0. The Morgan fingerprint density at radius 3 is 2.71 bits per heavy atom. The van der Waals surface area contributed by atoms with E-state index >= 15 is 0 Å². The Morgan fingerprint density at radius 2 is 2.03 bits per heavy atom. The normalized spacial score (nSPS) is 28.8. The van der Waals surface area contributed by atoms with Crippen molar-refractivity contribution in [3.63, 3.8) is 0 Å².